The third kappa shape index (κ3) is 4.88. The fourth-order valence-electron chi connectivity index (χ4n) is 7.14. The minimum Gasteiger partial charge on any atom is -0.496 e. The Morgan fingerprint density at radius 2 is 1.22 bits per heavy atom. The molecule has 0 spiro atoms. The van der Waals surface area contributed by atoms with Crippen LogP contribution in [0.2, 0.25) is 0 Å². The lowest BCUT2D eigenvalue weighted by atomic mass is 9.74. The molecule has 2 bridgehead atoms. The van der Waals surface area contributed by atoms with E-state index in [-0.39, 0.29) is 6.42 Å². The maximum absolute atomic E-state index is 12.5. The van der Waals surface area contributed by atoms with Gasteiger partial charge in [-0.1, -0.05) is 6.07 Å². The molecule has 4 aromatic carbocycles. The molecule has 0 saturated carbocycles. The molecule has 0 amide bonds. The van der Waals surface area contributed by atoms with Crippen LogP contribution in [-0.2, 0) is 12.2 Å². The topological polar surface area (TPSA) is 133 Å². The Labute approximate surface area is 283 Å². The van der Waals surface area contributed by atoms with Crippen molar-refractivity contribution in [1.29, 1.82) is 0 Å². The Hall–Kier alpha value is -5.20. The van der Waals surface area contributed by atoms with Crippen molar-refractivity contribution >= 4 is 0 Å². The van der Waals surface area contributed by atoms with E-state index in [9.17, 15) is 10.2 Å². The minimum atomic E-state index is -1.77. The Bertz CT molecular complexity index is 1910. The zero-order valence-electron chi connectivity index (χ0n) is 28.2. The van der Waals surface area contributed by atoms with Gasteiger partial charge in [0, 0.05) is 46.9 Å². The van der Waals surface area contributed by atoms with E-state index in [1.54, 1.807) is 91.2 Å². The molecule has 0 aromatic heterocycles. The van der Waals surface area contributed by atoms with Gasteiger partial charge in [0.25, 0.3) is 0 Å². The van der Waals surface area contributed by atoms with Crippen LogP contribution in [0.15, 0.2) is 54.6 Å². The summed E-state index contributed by atoms with van der Waals surface area (Å²) in [7, 11) is 10.8. The minimum absolute atomic E-state index is 0.192. The van der Waals surface area contributed by atoms with Crippen molar-refractivity contribution in [2.24, 2.45) is 0 Å². The van der Waals surface area contributed by atoms with Gasteiger partial charge in [-0.25, -0.2) is 0 Å². The van der Waals surface area contributed by atoms with Gasteiger partial charge in [0.15, 0.2) is 23.0 Å². The van der Waals surface area contributed by atoms with Crippen LogP contribution < -0.4 is 47.4 Å². The maximum atomic E-state index is 12.5. The molecule has 0 fully saturated rings. The lowest BCUT2D eigenvalue weighted by Gasteiger charge is -2.50. The van der Waals surface area contributed by atoms with Gasteiger partial charge >= 0.3 is 5.79 Å². The highest BCUT2D eigenvalue weighted by molar-refractivity contribution is 5.68. The molecule has 0 aliphatic carbocycles. The predicted octanol–water partition coefficient (Wildman–Crippen LogP) is 4.91. The zero-order valence-corrected chi connectivity index (χ0v) is 28.2. The van der Waals surface area contributed by atoms with Gasteiger partial charge in [-0.05, 0) is 35.9 Å². The molecular weight excluding hydrogens is 636 g/mol. The van der Waals surface area contributed by atoms with E-state index >= 15 is 0 Å². The first kappa shape index (κ1) is 32.4. The van der Waals surface area contributed by atoms with Crippen LogP contribution >= 0.6 is 0 Å². The van der Waals surface area contributed by atoms with E-state index in [2.05, 4.69) is 0 Å². The summed E-state index contributed by atoms with van der Waals surface area (Å²) in [4.78, 5) is 0. The highest BCUT2D eigenvalue weighted by Gasteiger charge is 2.60. The fourth-order valence-corrected chi connectivity index (χ4v) is 7.14. The molecule has 258 valence electrons. The lowest BCUT2D eigenvalue weighted by Crippen LogP contribution is -2.57. The molecule has 49 heavy (non-hydrogen) atoms. The van der Waals surface area contributed by atoms with Gasteiger partial charge in [0.2, 0.25) is 0 Å². The molecule has 5 atom stereocenters. The quantitative estimate of drug-likeness (QED) is 0.250. The number of aliphatic hydroxyl groups excluding tert-OH is 2. The molecule has 0 radical (unpaired) electrons. The van der Waals surface area contributed by atoms with Crippen molar-refractivity contribution in [3.8, 4) is 57.5 Å². The van der Waals surface area contributed by atoms with Gasteiger partial charge in [-0.15, -0.1) is 0 Å². The van der Waals surface area contributed by atoms with Gasteiger partial charge < -0.3 is 57.6 Å². The highest BCUT2D eigenvalue weighted by atomic mass is 16.7. The molecule has 7 rings (SSSR count). The van der Waals surface area contributed by atoms with Crippen LogP contribution in [0.25, 0.3) is 0 Å². The maximum Gasteiger partial charge on any atom is 0.305 e. The summed E-state index contributed by atoms with van der Waals surface area (Å²) in [5.41, 5.74) is 2.88. The molecule has 0 saturated heterocycles. The van der Waals surface area contributed by atoms with Gasteiger partial charge in [0.05, 0.1) is 61.8 Å². The second-order valence-corrected chi connectivity index (χ2v) is 11.8. The molecule has 0 unspecified atom stereocenters. The van der Waals surface area contributed by atoms with Crippen molar-refractivity contribution in [2.75, 3.05) is 49.8 Å². The van der Waals surface area contributed by atoms with Crippen molar-refractivity contribution in [3.05, 3.63) is 82.4 Å². The Morgan fingerprint density at radius 3 is 1.86 bits per heavy atom. The number of methoxy groups -OCH3 is 7. The third-order valence-corrected chi connectivity index (χ3v) is 9.48. The van der Waals surface area contributed by atoms with Gasteiger partial charge in [0.1, 0.15) is 46.7 Å². The van der Waals surface area contributed by atoms with E-state index in [0.29, 0.717) is 85.3 Å². The number of ether oxygens (including phenoxy) is 10. The van der Waals surface area contributed by atoms with Crippen LogP contribution in [0.4, 0.5) is 0 Å². The summed E-state index contributed by atoms with van der Waals surface area (Å²) in [5, 5.41) is 24.0. The standard InChI is InChI=1S/C37H38O12/c1-40-20-14-28(46-7)31-29(15-20)48-37(19-9-11-24(42-3)27(13-19)45-6)36(39)33(31)32-30(49-37)17-25(43-4)21-16-22(38)34(47-35(21)32)18-8-10-23(41-2)26(12-18)44-5/h8-15,17,22,33-34,36,38-39H,16H2,1-7H3/t22-,33-,34-,36-,37+/m1/s1. The average Bonchev–Trinajstić information content (AvgIpc) is 3.13. The fraction of sp³-hybridized carbons (Fsp3) is 0.351. The van der Waals surface area contributed by atoms with Crippen LogP contribution in [0, 0.1) is 0 Å². The zero-order chi connectivity index (χ0) is 34.6. The van der Waals surface area contributed by atoms with E-state index in [0.717, 1.165) is 0 Å². The van der Waals surface area contributed by atoms with E-state index in [1.807, 2.05) is 6.07 Å². The Balaban J connectivity index is 1.48. The average molecular weight is 675 g/mol. The second kappa shape index (κ2) is 12.4. The number of aliphatic hydroxyl groups is 2. The normalized spacial score (nSPS) is 22.9. The number of hydrogen-bond acceptors (Lipinski definition) is 12. The summed E-state index contributed by atoms with van der Waals surface area (Å²) in [6.07, 6.45) is -2.90. The third-order valence-electron chi connectivity index (χ3n) is 9.48. The monoisotopic (exact) mass is 674 g/mol. The Morgan fingerprint density at radius 1 is 0.612 bits per heavy atom. The SMILES string of the molecule is COc1cc(OC)c2c(c1)O[C@@]1(c3ccc(OC)c(OC)c3)Oc3cc(OC)c4c(c3[C@@H]2[C@H]1O)O[C@H](c1ccc(OC)c(OC)c1)[C@H](O)C4. The van der Waals surface area contributed by atoms with Crippen LogP contribution in [0.3, 0.4) is 0 Å². The van der Waals surface area contributed by atoms with Crippen molar-refractivity contribution in [2.45, 2.75) is 36.4 Å². The summed E-state index contributed by atoms with van der Waals surface area (Å²) < 4.78 is 59.7. The molecule has 2 N–H and O–H groups in total. The van der Waals surface area contributed by atoms with Crippen LogP contribution in [-0.4, -0.2) is 72.2 Å². The van der Waals surface area contributed by atoms with Gasteiger partial charge in [-0.3, -0.25) is 0 Å². The molecule has 3 aliphatic heterocycles. The summed E-state index contributed by atoms with van der Waals surface area (Å²) in [5.74, 6) is 1.88. The van der Waals surface area contributed by atoms with Crippen molar-refractivity contribution < 1.29 is 57.6 Å². The summed E-state index contributed by atoms with van der Waals surface area (Å²) >= 11 is 0. The van der Waals surface area contributed by atoms with E-state index < -0.39 is 30.0 Å². The van der Waals surface area contributed by atoms with E-state index in [1.165, 1.54) is 7.11 Å². The summed E-state index contributed by atoms with van der Waals surface area (Å²) in [6.45, 7) is 0. The molecule has 4 aromatic rings. The highest BCUT2D eigenvalue weighted by Crippen LogP contribution is 2.62. The largest absolute Gasteiger partial charge is 0.496 e. The number of rotatable bonds is 9. The first-order valence-corrected chi connectivity index (χ1v) is 15.6. The lowest BCUT2D eigenvalue weighted by molar-refractivity contribution is -0.219. The van der Waals surface area contributed by atoms with Gasteiger partial charge in [-0.2, -0.15) is 0 Å². The van der Waals surface area contributed by atoms with Crippen LogP contribution in [0.1, 0.15) is 39.8 Å². The second-order valence-electron chi connectivity index (χ2n) is 11.8. The molecule has 3 heterocycles. The Kier molecular flexibility index (Phi) is 8.16. The van der Waals surface area contributed by atoms with Crippen molar-refractivity contribution in [3.63, 3.8) is 0 Å². The number of fused-ring (bicyclic) bond motifs is 8. The number of hydrogen-bond donors (Lipinski definition) is 2. The number of benzene rings is 4. The van der Waals surface area contributed by atoms with Crippen LogP contribution in [0.5, 0.6) is 57.5 Å². The molecular formula is C37H38O12. The van der Waals surface area contributed by atoms with E-state index in [4.69, 9.17) is 47.4 Å². The predicted molar refractivity (Wildman–Crippen MR) is 175 cm³/mol. The molecule has 3 aliphatic rings. The first-order chi connectivity index (χ1) is 23.7. The first-order valence-electron chi connectivity index (χ1n) is 15.6. The summed E-state index contributed by atoms with van der Waals surface area (Å²) in [6, 6.07) is 15.7. The molecule has 12 heteroatoms. The van der Waals surface area contributed by atoms with Crippen molar-refractivity contribution in [1.82, 2.24) is 0 Å². The molecule has 12 nitrogen and oxygen atoms in total. The smallest absolute Gasteiger partial charge is 0.305 e.